The second-order valence-corrected chi connectivity index (χ2v) is 7.01. The zero-order valence-electron chi connectivity index (χ0n) is 17.3. The summed E-state index contributed by atoms with van der Waals surface area (Å²) in [6, 6.07) is 5.25. The van der Waals surface area contributed by atoms with Crippen LogP contribution in [0.25, 0.3) is 10.9 Å². The highest BCUT2D eigenvalue weighted by Crippen LogP contribution is 2.31. The molecule has 2 aromatic heterocycles. The molecular formula is C21H24F3N5O. The molecule has 160 valence electrons. The van der Waals surface area contributed by atoms with Gasteiger partial charge in [-0.15, -0.1) is 0 Å². The minimum atomic E-state index is -2.88. The number of halogens is 3. The Morgan fingerprint density at radius 1 is 1.20 bits per heavy atom. The molecule has 0 radical (unpaired) electrons. The maximum atomic E-state index is 14.6. The first kappa shape index (κ1) is 21.8. The van der Waals surface area contributed by atoms with Gasteiger partial charge in [-0.05, 0) is 19.9 Å². The summed E-state index contributed by atoms with van der Waals surface area (Å²) in [5, 5.41) is 3.85. The molecule has 3 aromatic rings. The second-order valence-electron chi connectivity index (χ2n) is 7.01. The fourth-order valence-electron chi connectivity index (χ4n) is 3.15. The van der Waals surface area contributed by atoms with Crippen LogP contribution in [-0.4, -0.2) is 42.3 Å². The van der Waals surface area contributed by atoms with Gasteiger partial charge < -0.3 is 15.0 Å². The van der Waals surface area contributed by atoms with Crippen molar-refractivity contribution >= 4 is 22.5 Å². The number of aromatic nitrogens is 3. The molecule has 0 unspecified atom stereocenters. The van der Waals surface area contributed by atoms with Gasteiger partial charge in [0, 0.05) is 31.7 Å². The predicted octanol–water partition coefficient (Wildman–Crippen LogP) is 4.67. The summed E-state index contributed by atoms with van der Waals surface area (Å²) in [5.41, 5.74) is 0.155. The van der Waals surface area contributed by atoms with Gasteiger partial charge in [0.25, 0.3) is 6.43 Å². The lowest BCUT2D eigenvalue weighted by Crippen LogP contribution is -2.23. The summed E-state index contributed by atoms with van der Waals surface area (Å²) in [6.45, 7) is 4.63. The third kappa shape index (κ3) is 4.62. The standard InChI is InChI=1S/C21H24F3N5O/c1-12(14-6-5-7-15(19(14)22)20(23)24)26-21-16-10-18(29(3)8-9-30-4)25-11-17(16)27-13(2)28-21/h5-7,10-12,20H,8-9H2,1-4H3,(H,26,27,28)/t12-/m1/s1. The van der Waals surface area contributed by atoms with Crippen LogP contribution < -0.4 is 10.2 Å². The monoisotopic (exact) mass is 419 g/mol. The van der Waals surface area contributed by atoms with Gasteiger partial charge >= 0.3 is 0 Å². The van der Waals surface area contributed by atoms with Crippen molar-refractivity contribution in [1.29, 1.82) is 0 Å². The van der Waals surface area contributed by atoms with Crippen molar-refractivity contribution in [3.63, 3.8) is 0 Å². The molecule has 0 bridgehead atoms. The maximum Gasteiger partial charge on any atom is 0.266 e. The Bertz CT molecular complexity index is 1030. The fourth-order valence-corrected chi connectivity index (χ4v) is 3.15. The molecule has 9 heteroatoms. The number of likely N-dealkylation sites (N-methyl/N-ethyl adjacent to an activating group) is 1. The highest BCUT2D eigenvalue weighted by molar-refractivity contribution is 5.90. The van der Waals surface area contributed by atoms with E-state index in [1.165, 1.54) is 12.1 Å². The number of alkyl halides is 2. The van der Waals surface area contributed by atoms with Crippen LogP contribution in [0, 0.1) is 12.7 Å². The molecule has 0 saturated heterocycles. The SMILES string of the molecule is COCCN(C)c1cc2c(N[C@H](C)c3cccc(C(F)F)c3F)nc(C)nc2cn1. The Hall–Kier alpha value is -2.94. The number of methoxy groups -OCH3 is 1. The van der Waals surface area contributed by atoms with Crippen molar-refractivity contribution in [3.05, 3.63) is 53.2 Å². The van der Waals surface area contributed by atoms with E-state index in [0.29, 0.717) is 41.5 Å². The number of hydrogen-bond donors (Lipinski definition) is 1. The smallest absolute Gasteiger partial charge is 0.266 e. The third-order valence-corrected chi connectivity index (χ3v) is 4.81. The molecule has 0 aliphatic rings. The number of aryl methyl sites for hydroxylation is 1. The van der Waals surface area contributed by atoms with Crippen molar-refractivity contribution < 1.29 is 17.9 Å². The van der Waals surface area contributed by atoms with Gasteiger partial charge in [-0.2, -0.15) is 0 Å². The largest absolute Gasteiger partial charge is 0.383 e. The van der Waals surface area contributed by atoms with E-state index >= 15 is 0 Å². The van der Waals surface area contributed by atoms with Gasteiger partial charge in [-0.25, -0.2) is 28.1 Å². The van der Waals surface area contributed by atoms with Crippen molar-refractivity contribution in [2.75, 3.05) is 37.5 Å². The minimum absolute atomic E-state index is 0.142. The Labute approximate surface area is 173 Å². The summed E-state index contributed by atoms with van der Waals surface area (Å²) in [6.07, 6.45) is -1.23. The first-order chi connectivity index (χ1) is 14.3. The summed E-state index contributed by atoms with van der Waals surface area (Å²) in [7, 11) is 3.52. The van der Waals surface area contributed by atoms with Crippen LogP contribution in [0.15, 0.2) is 30.5 Å². The van der Waals surface area contributed by atoms with Gasteiger partial charge in [0.15, 0.2) is 0 Å². The molecule has 1 N–H and O–H groups in total. The normalized spacial score (nSPS) is 12.4. The molecule has 1 aromatic carbocycles. The number of anilines is 2. The van der Waals surface area contributed by atoms with E-state index in [-0.39, 0.29) is 5.56 Å². The number of ether oxygens (including phenoxy) is 1. The van der Waals surface area contributed by atoms with Crippen LogP contribution in [0.5, 0.6) is 0 Å². The number of pyridine rings is 1. The third-order valence-electron chi connectivity index (χ3n) is 4.81. The lowest BCUT2D eigenvalue weighted by Gasteiger charge is -2.20. The number of nitrogens with zero attached hydrogens (tertiary/aromatic N) is 4. The molecule has 2 heterocycles. The second kappa shape index (κ2) is 9.25. The zero-order chi connectivity index (χ0) is 21.8. The van der Waals surface area contributed by atoms with Crippen molar-refractivity contribution in [2.45, 2.75) is 26.3 Å². The Kier molecular flexibility index (Phi) is 6.71. The zero-order valence-corrected chi connectivity index (χ0v) is 17.3. The highest BCUT2D eigenvalue weighted by atomic mass is 19.3. The lowest BCUT2D eigenvalue weighted by atomic mass is 10.0. The van der Waals surface area contributed by atoms with Crippen LogP contribution in [0.1, 0.15) is 36.3 Å². The van der Waals surface area contributed by atoms with Crippen LogP contribution >= 0.6 is 0 Å². The number of rotatable bonds is 8. The van der Waals surface area contributed by atoms with Gasteiger partial charge in [0.05, 0.1) is 29.9 Å². The first-order valence-electron chi connectivity index (χ1n) is 9.49. The van der Waals surface area contributed by atoms with Gasteiger partial charge in [-0.3, -0.25) is 0 Å². The molecule has 0 fully saturated rings. The molecule has 6 nitrogen and oxygen atoms in total. The molecule has 0 aliphatic heterocycles. The first-order valence-corrected chi connectivity index (χ1v) is 9.49. The minimum Gasteiger partial charge on any atom is -0.383 e. The predicted molar refractivity (Wildman–Crippen MR) is 111 cm³/mol. The number of hydrogen-bond acceptors (Lipinski definition) is 6. The van der Waals surface area contributed by atoms with Crippen LogP contribution in [-0.2, 0) is 4.74 Å². The topological polar surface area (TPSA) is 63.2 Å². The summed E-state index contributed by atoms with van der Waals surface area (Å²) >= 11 is 0. The van der Waals surface area contributed by atoms with E-state index in [9.17, 15) is 13.2 Å². The highest BCUT2D eigenvalue weighted by Gasteiger charge is 2.20. The average molecular weight is 419 g/mol. The van der Waals surface area contributed by atoms with E-state index < -0.39 is 23.8 Å². The van der Waals surface area contributed by atoms with Crippen LogP contribution in [0.3, 0.4) is 0 Å². The van der Waals surface area contributed by atoms with E-state index in [1.807, 2.05) is 18.0 Å². The van der Waals surface area contributed by atoms with Gasteiger partial charge in [-0.1, -0.05) is 18.2 Å². The average Bonchev–Trinajstić information content (AvgIpc) is 2.71. The molecule has 0 aliphatic carbocycles. The molecule has 3 rings (SSSR count). The summed E-state index contributed by atoms with van der Waals surface area (Å²) < 4.78 is 45.8. The maximum absolute atomic E-state index is 14.6. The number of fused-ring (bicyclic) bond motifs is 1. The summed E-state index contributed by atoms with van der Waals surface area (Å²) in [5.74, 6) is 0.787. The fraction of sp³-hybridized carbons (Fsp3) is 0.381. The van der Waals surface area contributed by atoms with Crippen LogP contribution in [0.4, 0.5) is 24.8 Å². The molecule has 30 heavy (non-hydrogen) atoms. The Morgan fingerprint density at radius 2 is 1.93 bits per heavy atom. The Morgan fingerprint density at radius 3 is 2.63 bits per heavy atom. The van der Waals surface area contributed by atoms with E-state index in [4.69, 9.17) is 4.74 Å². The number of benzene rings is 1. The molecule has 0 saturated carbocycles. The molecular weight excluding hydrogens is 395 g/mol. The van der Waals surface area contributed by atoms with E-state index in [0.717, 1.165) is 6.07 Å². The number of nitrogens with one attached hydrogen (secondary N) is 1. The van der Waals surface area contributed by atoms with Gasteiger partial charge in [0.2, 0.25) is 0 Å². The van der Waals surface area contributed by atoms with Crippen molar-refractivity contribution in [1.82, 2.24) is 15.0 Å². The lowest BCUT2D eigenvalue weighted by molar-refractivity contribution is 0.146. The molecule has 0 spiro atoms. The van der Waals surface area contributed by atoms with Crippen molar-refractivity contribution in [3.8, 4) is 0 Å². The van der Waals surface area contributed by atoms with Crippen LogP contribution in [0.2, 0.25) is 0 Å². The molecule has 1 atom stereocenters. The van der Waals surface area contributed by atoms with E-state index in [1.54, 1.807) is 27.2 Å². The van der Waals surface area contributed by atoms with Crippen molar-refractivity contribution in [2.24, 2.45) is 0 Å². The summed E-state index contributed by atoms with van der Waals surface area (Å²) in [4.78, 5) is 15.2. The quantitative estimate of drug-likeness (QED) is 0.573. The Balaban J connectivity index is 1.98. The van der Waals surface area contributed by atoms with E-state index in [2.05, 4.69) is 20.3 Å². The van der Waals surface area contributed by atoms with Gasteiger partial charge in [0.1, 0.15) is 23.3 Å². The molecule has 0 amide bonds.